The number of nitrogens with zero attached hydrogens (tertiary/aromatic N) is 3. The van der Waals surface area contributed by atoms with Crippen molar-refractivity contribution in [2.45, 2.75) is 12.5 Å². The summed E-state index contributed by atoms with van der Waals surface area (Å²) in [6, 6.07) is 8.58. The molecule has 1 aliphatic rings. The maximum atomic E-state index is 4.29. The van der Waals surface area contributed by atoms with Crippen molar-refractivity contribution in [2.24, 2.45) is 0 Å². The highest BCUT2D eigenvalue weighted by Gasteiger charge is 2.23. The third-order valence-electron chi connectivity index (χ3n) is 3.74. The van der Waals surface area contributed by atoms with E-state index in [2.05, 4.69) is 32.3 Å². The normalized spacial score (nSPS) is 17.1. The lowest BCUT2D eigenvalue weighted by Crippen LogP contribution is -2.33. The third-order valence-corrected chi connectivity index (χ3v) is 3.74. The molecule has 0 spiro atoms. The topological polar surface area (TPSA) is 41.1 Å². The van der Waals surface area contributed by atoms with Crippen molar-refractivity contribution in [2.75, 3.05) is 26.2 Å². The van der Waals surface area contributed by atoms with Gasteiger partial charge in [-0.3, -0.25) is 14.9 Å². The molecule has 4 heteroatoms. The monoisotopic (exact) mass is 268 g/mol. The first-order valence-electron chi connectivity index (χ1n) is 7.20. The zero-order valence-electron chi connectivity index (χ0n) is 11.6. The van der Waals surface area contributed by atoms with E-state index in [0.29, 0.717) is 0 Å². The van der Waals surface area contributed by atoms with Gasteiger partial charge in [-0.15, -0.1) is 0 Å². The Labute approximate surface area is 119 Å². The first kappa shape index (κ1) is 13.2. The van der Waals surface area contributed by atoms with Gasteiger partial charge in [0.2, 0.25) is 0 Å². The van der Waals surface area contributed by atoms with E-state index in [1.54, 1.807) is 0 Å². The molecule has 1 aliphatic heterocycles. The van der Waals surface area contributed by atoms with E-state index >= 15 is 0 Å². The fourth-order valence-electron chi connectivity index (χ4n) is 2.81. The number of hydrogen-bond donors (Lipinski definition) is 1. The van der Waals surface area contributed by atoms with Gasteiger partial charge in [0.05, 0.1) is 6.04 Å². The average Bonchev–Trinajstić information content (AvgIpc) is 2.79. The Morgan fingerprint density at radius 2 is 1.65 bits per heavy atom. The first-order valence-corrected chi connectivity index (χ1v) is 7.20. The molecule has 0 amide bonds. The van der Waals surface area contributed by atoms with E-state index in [0.717, 1.165) is 26.2 Å². The summed E-state index contributed by atoms with van der Waals surface area (Å²) >= 11 is 0. The minimum atomic E-state index is 0.247. The molecule has 20 heavy (non-hydrogen) atoms. The van der Waals surface area contributed by atoms with E-state index in [1.165, 1.54) is 17.5 Å². The van der Waals surface area contributed by atoms with Crippen LogP contribution in [0.15, 0.2) is 49.1 Å². The van der Waals surface area contributed by atoms with Gasteiger partial charge in [0.25, 0.3) is 0 Å². The molecule has 104 valence electrons. The molecule has 3 rings (SSSR count). The number of pyridine rings is 2. The zero-order chi connectivity index (χ0) is 13.6. The zero-order valence-corrected chi connectivity index (χ0v) is 11.6. The van der Waals surface area contributed by atoms with Crippen molar-refractivity contribution >= 4 is 0 Å². The smallest absolute Gasteiger partial charge is 0.0632 e. The molecule has 2 aromatic rings. The Balaban J connectivity index is 1.95. The molecule has 0 aliphatic carbocycles. The Morgan fingerprint density at radius 1 is 0.950 bits per heavy atom. The molecular weight excluding hydrogens is 248 g/mol. The Kier molecular flexibility index (Phi) is 4.35. The standard InChI is InChI=1S/C16H20N4/c1-4-14(12-18-6-1)16(15-5-2-7-19-13-15)20-10-3-8-17-9-11-20/h1-2,4-7,12-13,16-17H,3,8-11H2. The van der Waals surface area contributed by atoms with Gasteiger partial charge in [-0.25, -0.2) is 0 Å². The lowest BCUT2D eigenvalue weighted by molar-refractivity contribution is 0.240. The SMILES string of the molecule is c1cncc(C(c2cccnc2)N2CCCNCC2)c1. The van der Waals surface area contributed by atoms with Crippen LogP contribution in [0.3, 0.4) is 0 Å². The van der Waals surface area contributed by atoms with Crippen molar-refractivity contribution in [1.29, 1.82) is 0 Å². The molecule has 2 aromatic heterocycles. The highest BCUT2D eigenvalue weighted by atomic mass is 15.2. The Hall–Kier alpha value is -1.78. The summed E-state index contributed by atoms with van der Waals surface area (Å²) in [5.74, 6) is 0. The third kappa shape index (κ3) is 3.03. The molecule has 0 aromatic carbocycles. The molecular formula is C16H20N4. The van der Waals surface area contributed by atoms with Crippen LogP contribution in [-0.4, -0.2) is 41.0 Å². The van der Waals surface area contributed by atoms with Gasteiger partial charge in [0.15, 0.2) is 0 Å². The molecule has 1 N–H and O–H groups in total. The second-order valence-electron chi connectivity index (χ2n) is 5.11. The Morgan fingerprint density at radius 3 is 2.25 bits per heavy atom. The van der Waals surface area contributed by atoms with Crippen molar-refractivity contribution in [3.8, 4) is 0 Å². The maximum Gasteiger partial charge on any atom is 0.0632 e. The van der Waals surface area contributed by atoms with Crippen LogP contribution in [0.5, 0.6) is 0 Å². The summed E-state index contributed by atoms with van der Waals surface area (Å²) in [6.45, 7) is 4.29. The van der Waals surface area contributed by atoms with Gasteiger partial charge in [0.1, 0.15) is 0 Å². The molecule has 0 bridgehead atoms. The van der Waals surface area contributed by atoms with Crippen LogP contribution in [-0.2, 0) is 0 Å². The van der Waals surface area contributed by atoms with Crippen molar-refractivity contribution in [3.05, 3.63) is 60.2 Å². The van der Waals surface area contributed by atoms with Crippen LogP contribution < -0.4 is 5.32 Å². The van der Waals surface area contributed by atoms with Crippen LogP contribution in [0.25, 0.3) is 0 Å². The summed E-state index contributed by atoms with van der Waals surface area (Å²) in [5, 5.41) is 3.46. The van der Waals surface area contributed by atoms with Crippen molar-refractivity contribution < 1.29 is 0 Å². The van der Waals surface area contributed by atoms with Gasteiger partial charge in [0, 0.05) is 44.4 Å². The fraction of sp³-hybridized carbons (Fsp3) is 0.375. The van der Waals surface area contributed by atoms with Gasteiger partial charge in [-0.05, 0) is 36.2 Å². The minimum Gasteiger partial charge on any atom is -0.315 e. The molecule has 0 radical (unpaired) electrons. The number of rotatable bonds is 3. The van der Waals surface area contributed by atoms with Gasteiger partial charge in [-0.2, -0.15) is 0 Å². The second-order valence-corrected chi connectivity index (χ2v) is 5.11. The second kappa shape index (κ2) is 6.59. The molecule has 0 saturated carbocycles. The maximum absolute atomic E-state index is 4.29. The highest BCUT2D eigenvalue weighted by Crippen LogP contribution is 2.27. The van der Waals surface area contributed by atoms with Gasteiger partial charge >= 0.3 is 0 Å². The van der Waals surface area contributed by atoms with Gasteiger partial charge in [-0.1, -0.05) is 12.1 Å². The average molecular weight is 268 g/mol. The number of nitrogens with one attached hydrogen (secondary N) is 1. The van der Waals surface area contributed by atoms with Crippen LogP contribution in [0.1, 0.15) is 23.6 Å². The quantitative estimate of drug-likeness (QED) is 0.922. The Bertz CT molecular complexity index is 467. The minimum absolute atomic E-state index is 0.247. The molecule has 3 heterocycles. The van der Waals surface area contributed by atoms with E-state index in [1.807, 2.05) is 36.9 Å². The predicted octanol–water partition coefficient (Wildman–Crippen LogP) is 1.86. The van der Waals surface area contributed by atoms with E-state index in [-0.39, 0.29) is 6.04 Å². The molecule has 4 nitrogen and oxygen atoms in total. The molecule has 1 fully saturated rings. The summed E-state index contributed by atoms with van der Waals surface area (Å²) in [4.78, 5) is 11.1. The summed E-state index contributed by atoms with van der Waals surface area (Å²) < 4.78 is 0. The highest BCUT2D eigenvalue weighted by molar-refractivity contribution is 5.28. The summed E-state index contributed by atoms with van der Waals surface area (Å²) in [6.07, 6.45) is 8.77. The van der Waals surface area contributed by atoms with Crippen LogP contribution in [0, 0.1) is 0 Å². The number of aromatic nitrogens is 2. The van der Waals surface area contributed by atoms with Crippen LogP contribution in [0.4, 0.5) is 0 Å². The fourth-order valence-corrected chi connectivity index (χ4v) is 2.81. The predicted molar refractivity (Wildman–Crippen MR) is 79.4 cm³/mol. The van der Waals surface area contributed by atoms with Crippen molar-refractivity contribution in [3.63, 3.8) is 0 Å². The molecule has 0 unspecified atom stereocenters. The number of hydrogen-bond acceptors (Lipinski definition) is 4. The summed E-state index contributed by atoms with van der Waals surface area (Å²) in [7, 11) is 0. The van der Waals surface area contributed by atoms with E-state index in [4.69, 9.17) is 0 Å². The largest absolute Gasteiger partial charge is 0.315 e. The summed E-state index contributed by atoms with van der Waals surface area (Å²) in [5.41, 5.74) is 2.48. The van der Waals surface area contributed by atoms with E-state index in [9.17, 15) is 0 Å². The molecule has 0 atom stereocenters. The molecule has 1 saturated heterocycles. The van der Waals surface area contributed by atoms with Gasteiger partial charge < -0.3 is 5.32 Å². The lowest BCUT2D eigenvalue weighted by Gasteiger charge is -2.30. The lowest BCUT2D eigenvalue weighted by atomic mass is 10.00. The van der Waals surface area contributed by atoms with E-state index < -0.39 is 0 Å². The van der Waals surface area contributed by atoms with Crippen LogP contribution in [0.2, 0.25) is 0 Å². The first-order chi connectivity index (χ1) is 9.95. The van der Waals surface area contributed by atoms with Crippen molar-refractivity contribution in [1.82, 2.24) is 20.2 Å². The van der Waals surface area contributed by atoms with Crippen LogP contribution >= 0.6 is 0 Å².